The van der Waals surface area contributed by atoms with Gasteiger partial charge in [0.15, 0.2) is 0 Å². The predicted molar refractivity (Wildman–Crippen MR) is 28.2 cm³/mol. The van der Waals surface area contributed by atoms with E-state index in [1.54, 1.807) is 0 Å². The zero-order valence-electron chi connectivity index (χ0n) is 5.34. The molecule has 0 unspecified atom stereocenters. The molecule has 0 aromatic rings. The molecule has 0 aliphatic rings. The maximum atomic E-state index is 9.62. The van der Waals surface area contributed by atoms with Crippen LogP contribution in [0.5, 0.6) is 0 Å². The van der Waals surface area contributed by atoms with Gasteiger partial charge in [-0.05, 0) is 0 Å². The predicted octanol–water partition coefficient (Wildman–Crippen LogP) is -2.71. The van der Waals surface area contributed by atoms with Gasteiger partial charge in [-0.15, -0.1) is 0 Å². The van der Waals surface area contributed by atoms with Crippen LogP contribution >= 0.6 is 7.82 Å². The SMILES string of the molecule is O=P([O-])([O-])[O-].[F][Ca+].[F][Ca+].[F][Ca+]. The minimum absolute atomic E-state index is 0.125. The summed E-state index contributed by atoms with van der Waals surface area (Å²) in [6.45, 7) is 0. The molecule has 0 fully saturated rings. The Morgan fingerprint density at radius 2 is 0.818 bits per heavy atom. The molecule has 0 aromatic carbocycles. The summed E-state index contributed by atoms with van der Waals surface area (Å²) < 4.78 is 37.4. The molecule has 0 atom stereocenters. The van der Waals surface area contributed by atoms with Crippen LogP contribution in [0.15, 0.2) is 0 Å². The van der Waals surface area contributed by atoms with E-state index in [9.17, 15) is 4.09 Å². The second kappa shape index (κ2) is 23.5. The van der Waals surface area contributed by atoms with Crippen LogP contribution in [0.4, 0.5) is 4.09 Å². The van der Waals surface area contributed by atoms with Gasteiger partial charge >= 0.3 is 114 Å². The number of phosphoric acid groups is 1. The summed E-state index contributed by atoms with van der Waals surface area (Å²) in [7, 11) is -5.39. The fourth-order valence-electron chi connectivity index (χ4n) is 0. The first-order valence-corrected chi connectivity index (χ1v) is 5.50. The van der Waals surface area contributed by atoms with E-state index in [0.29, 0.717) is 0 Å². The number of hydrogen-bond donors (Lipinski definition) is 0. The molecule has 0 aliphatic carbocycles. The van der Waals surface area contributed by atoms with Crippen LogP contribution in [-0.4, -0.2) is 110 Å². The Bertz CT molecular complexity index is 66.7. The summed E-state index contributed by atoms with van der Waals surface area (Å²) >= 11 is -0.375. The molecule has 0 bridgehead atoms. The number of halogens is 3. The summed E-state index contributed by atoms with van der Waals surface area (Å²) in [6.07, 6.45) is 0. The van der Waals surface area contributed by atoms with Gasteiger partial charge in [-0.1, -0.05) is 0 Å². The molecule has 0 spiro atoms. The van der Waals surface area contributed by atoms with Gasteiger partial charge < -0.3 is 19.2 Å². The molecule has 56 valence electrons. The summed E-state index contributed by atoms with van der Waals surface area (Å²) in [5.41, 5.74) is 0. The van der Waals surface area contributed by atoms with Crippen molar-refractivity contribution in [2.24, 2.45) is 0 Å². The van der Waals surface area contributed by atoms with Gasteiger partial charge in [0.05, 0.1) is 0 Å². The molecule has 0 saturated heterocycles. The molecule has 4 nitrogen and oxygen atoms in total. The Balaban J connectivity index is -0.0000000350. The van der Waals surface area contributed by atoms with Crippen molar-refractivity contribution >= 4 is 118 Å². The fraction of sp³-hybridized carbons (Fsp3) is 0. The Morgan fingerprint density at radius 3 is 0.818 bits per heavy atom. The van der Waals surface area contributed by atoms with Crippen LogP contribution < -0.4 is 14.7 Å². The van der Waals surface area contributed by atoms with E-state index in [1.807, 2.05) is 0 Å². The topological polar surface area (TPSA) is 86.2 Å². The van der Waals surface area contributed by atoms with Crippen molar-refractivity contribution in [1.29, 1.82) is 0 Å². The van der Waals surface area contributed by atoms with E-state index in [4.69, 9.17) is 19.2 Å². The van der Waals surface area contributed by atoms with E-state index in [0.717, 1.165) is 0 Å². The number of rotatable bonds is 0. The molecule has 0 saturated carbocycles. The number of hydrogen-bond acceptors (Lipinski definition) is 4. The Labute approximate surface area is 137 Å². The Hall–Kier alpha value is 3.68. The Morgan fingerprint density at radius 1 is 0.818 bits per heavy atom. The van der Waals surface area contributed by atoms with Gasteiger partial charge in [0, 0.05) is 0 Å². The van der Waals surface area contributed by atoms with Gasteiger partial charge in [0.1, 0.15) is 0 Å². The molecular formula is Ca3F3O4P. The van der Waals surface area contributed by atoms with E-state index >= 15 is 0 Å². The molecule has 11 heavy (non-hydrogen) atoms. The molecular weight excluding hydrogens is 272 g/mol. The summed E-state index contributed by atoms with van der Waals surface area (Å²) in [5, 5.41) is 0. The van der Waals surface area contributed by atoms with E-state index in [2.05, 4.69) is 0 Å². The van der Waals surface area contributed by atoms with E-state index in [-0.39, 0.29) is 110 Å². The molecule has 0 N–H and O–H groups in total. The normalized spacial score (nSPS) is 7.27. The monoisotopic (exact) mass is 272 g/mol. The first-order chi connectivity index (χ1) is 5.00. The van der Waals surface area contributed by atoms with E-state index in [1.165, 1.54) is 0 Å². The van der Waals surface area contributed by atoms with Crippen molar-refractivity contribution in [3.63, 3.8) is 0 Å². The second-order valence-electron chi connectivity index (χ2n) is 0.447. The molecule has 0 radical (unpaired) electrons. The first kappa shape index (κ1) is 24.1. The van der Waals surface area contributed by atoms with Gasteiger partial charge in [-0.3, -0.25) is 0 Å². The van der Waals surface area contributed by atoms with Crippen molar-refractivity contribution < 1.29 is 23.3 Å². The minimum atomic E-state index is -5.39. The third kappa shape index (κ3) is 138. The average Bonchev–Trinajstić information content (AvgIpc) is 1.96. The van der Waals surface area contributed by atoms with Crippen LogP contribution in [0.25, 0.3) is 0 Å². The van der Waals surface area contributed by atoms with E-state index < -0.39 is 7.82 Å². The van der Waals surface area contributed by atoms with Crippen molar-refractivity contribution in [2.45, 2.75) is 0 Å². The fourth-order valence-corrected chi connectivity index (χ4v) is 0. The van der Waals surface area contributed by atoms with Crippen LogP contribution in [-0.2, 0) is 4.57 Å². The maximum absolute atomic E-state index is 9.62. The van der Waals surface area contributed by atoms with Gasteiger partial charge in [0.25, 0.3) is 0 Å². The summed E-state index contributed by atoms with van der Waals surface area (Å²) in [6, 6.07) is 0. The van der Waals surface area contributed by atoms with Crippen molar-refractivity contribution in [1.82, 2.24) is 0 Å². The molecule has 0 rings (SSSR count). The molecule has 0 aliphatic heterocycles. The van der Waals surface area contributed by atoms with Crippen LogP contribution in [0, 0.1) is 0 Å². The van der Waals surface area contributed by atoms with Crippen molar-refractivity contribution in [3.05, 3.63) is 0 Å². The summed E-state index contributed by atoms with van der Waals surface area (Å²) in [5.74, 6) is 0. The third-order valence-corrected chi connectivity index (χ3v) is 0. The Kier molecular flexibility index (Phi) is 51.4. The molecule has 0 aromatic heterocycles. The van der Waals surface area contributed by atoms with Crippen LogP contribution in [0.1, 0.15) is 0 Å². The zero-order valence-corrected chi connectivity index (χ0v) is 12.9. The molecule has 0 heterocycles. The van der Waals surface area contributed by atoms with Crippen LogP contribution in [0.2, 0.25) is 0 Å². The van der Waals surface area contributed by atoms with Gasteiger partial charge in [0.2, 0.25) is 0 Å². The van der Waals surface area contributed by atoms with Gasteiger partial charge in [-0.2, -0.15) is 7.82 Å². The standard InChI is InChI=1S/3Ca.3FH.H3O4P/c;;;;;;1-5(2,3)4/h;;;3*1H;(H3,1,2,3,4)/q3*+2;;;;/p-6. The first-order valence-electron chi connectivity index (χ1n) is 1.53. The average molecular weight is 272 g/mol. The van der Waals surface area contributed by atoms with Crippen molar-refractivity contribution in [3.8, 4) is 0 Å². The third-order valence-electron chi connectivity index (χ3n) is 0. The second-order valence-corrected chi connectivity index (χ2v) is 1.34. The van der Waals surface area contributed by atoms with Crippen LogP contribution in [0.3, 0.4) is 0 Å². The zero-order chi connectivity index (χ0) is 10.5. The van der Waals surface area contributed by atoms with Gasteiger partial charge in [-0.25, -0.2) is 0 Å². The quantitative estimate of drug-likeness (QED) is 0.354. The van der Waals surface area contributed by atoms with Crippen molar-refractivity contribution in [2.75, 3.05) is 0 Å². The molecule has 11 heteroatoms. The molecule has 0 amide bonds. The summed E-state index contributed by atoms with van der Waals surface area (Å²) in [4.78, 5) is 25.6.